The smallest absolute Gasteiger partial charge is 0.230 e. The number of hydrogen-bond acceptors (Lipinski definition) is 4. The van der Waals surface area contributed by atoms with Crippen LogP contribution < -0.4 is 10.6 Å². The molecule has 0 aliphatic heterocycles. The van der Waals surface area contributed by atoms with Gasteiger partial charge in [0.2, 0.25) is 5.91 Å². The van der Waals surface area contributed by atoms with Gasteiger partial charge in [-0.05, 0) is 31.7 Å². The third-order valence-electron chi connectivity index (χ3n) is 2.73. The summed E-state index contributed by atoms with van der Waals surface area (Å²) in [5.74, 6) is -0.0659. The molecule has 1 aromatic carbocycles. The minimum absolute atomic E-state index is 0.000119. The molecule has 0 saturated carbocycles. The minimum Gasteiger partial charge on any atom is -0.319 e. The largest absolute Gasteiger partial charge is 0.319 e. The summed E-state index contributed by atoms with van der Waals surface area (Å²) in [5.41, 5.74) is 2.13. The predicted molar refractivity (Wildman–Crippen MR) is 76.1 cm³/mol. The van der Waals surface area contributed by atoms with E-state index in [4.69, 9.17) is 0 Å². The first-order valence-corrected chi connectivity index (χ1v) is 6.74. The maximum absolute atomic E-state index is 11.9. The molecule has 0 aliphatic carbocycles. The Morgan fingerprint density at radius 2 is 2.28 bits per heavy atom. The first-order chi connectivity index (χ1) is 8.60. The summed E-state index contributed by atoms with van der Waals surface area (Å²) in [4.78, 5) is 16.3. The molecular formula is C13H17N3OS. The lowest BCUT2D eigenvalue weighted by Gasteiger charge is -2.08. The third kappa shape index (κ3) is 2.86. The Hall–Kier alpha value is -1.46. The van der Waals surface area contributed by atoms with Gasteiger partial charge in [-0.3, -0.25) is 4.79 Å². The zero-order valence-corrected chi connectivity index (χ0v) is 11.6. The first-order valence-electron chi connectivity index (χ1n) is 5.93. The summed E-state index contributed by atoms with van der Waals surface area (Å²) in [6.07, 6.45) is 0. The number of thiazole rings is 1. The molecular weight excluding hydrogens is 246 g/mol. The van der Waals surface area contributed by atoms with Gasteiger partial charge in [0.1, 0.15) is 0 Å². The number of fused-ring (bicyclic) bond motifs is 1. The van der Waals surface area contributed by atoms with Gasteiger partial charge in [0.15, 0.2) is 5.13 Å². The van der Waals surface area contributed by atoms with Crippen LogP contribution in [-0.4, -0.2) is 24.5 Å². The number of nitrogens with one attached hydrogen (secondary N) is 2. The average molecular weight is 263 g/mol. The molecule has 96 valence electrons. The van der Waals surface area contributed by atoms with Crippen molar-refractivity contribution in [1.82, 2.24) is 10.3 Å². The maximum Gasteiger partial charge on any atom is 0.230 e. The molecule has 4 nitrogen and oxygen atoms in total. The van der Waals surface area contributed by atoms with E-state index >= 15 is 0 Å². The van der Waals surface area contributed by atoms with E-state index in [1.165, 1.54) is 16.9 Å². The van der Waals surface area contributed by atoms with Crippen LogP contribution in [0.25, 0.3) is 10.2 Å². The van der Waals surface area contributed by atoms with Gasteiger partial charge in [-0.15, -0.1) is 0 Å². The van der Waals surface area contributed by atoms with E-state index in [2.05, 4.69) is 21.7 Å². The Morgan fingerprint density at radius 3 is 3.00 bits per heavy atom. The normalized spacial score (nSPS) is 12.6. The van der Waals surface area contributed by atoms with Crippen LogP contribution in [0, 0.1) is 12.8 Å². The van der Waals surface area contributed by atoms with Crippen molar-refractivity contribution in [3.63, 3.8) is 0 Å². The topological polar surface area (TPSA) is 54.0 Å². The lowest BCUT2D eigenvalue weighted by molar-refractivity contribution is -0.119. The van der Waals surface area contributed by atoms with Gasteiger partial charge in [-0.1, -0.05) is 24.3 Å². The maximum atomic E-state index is 11.9. The number of anilines is 1. The van der Waals surface area contributed by atoms with Crippen molar-refractivity contribution in [2.45, 2.75) is 13.8 Å². The van der Waals surface area contributed by atoms with Crippen molar-refractivity contribution in [2.75, 3.05) is 18.9 Å². The molecule has 1 heterocycles. The summed E-state index contributed by atoms with van der Waals surface area (Å²) in [7, 11) is 1.84. The fourth-order valence-corrected chi connectivity index (χ4v) is 2.68. The van der Waals surface area contributed by atoms with Crippen LogP contribution in [0.1, 0.15) is 12.5 Å². The highest BCUT2D eigenvalue weighted by Gasteiger charge is 2.14. The van der Waals surface area contributed by atoms with Crippen LogP contribution in [0.2, 0.25) is 0 Å². The van der Waals surface area contributed by atoms with Crippen molar-refractivity contribution < 1.29 is 4.79 Å². The number of aromatic nitrogens is 1. The van der Waals surface area contributed by atoms with Crippen molar-refractivity contribution in [2.24, 2.45) is 5.92 Å². The van der Waals surface area contributed by atoms with E-state index < -0.39 is 0 Å². The van der Waals surface area contributed by atoms with Crippen molar-refractivity contribution in [3.8, 4) is 0 Å². The van der Waals surface area contributed by atoms with E-state index in [-0.39, 0.29) is 11.8 Å². The van der Waals surface area contributed by atoms with Crippen LogP contribution in [0.15, 0.2) is 18.2 Å². The number of aryl methyl sites for hydroxylation is 1. The zero-order chi connectivity index (χ0) is 13.1. The number of nitrogens with zero attached hydrogens (tertiary/aromatic N) is 1. The Balaban J connectivity index is 2.14. The number of hydrogen-bond donors (Lipinski definition) is 2. The molecule has 2 rings (SSSR count). The second-order valence-electron chi connectivity index (χ2n) is 4.44. The third-order valence-corrected chi connectivity index (χ3v) is 3.67. The van der Waals surface area contributed by atoms with Crippen molar-refractivity contribution in [1.29, 1.82) is 0 Å². The fourth-order valence-electron chi connectivity index (χ4n) is 1.71. The standard InChI is InChI=1S/C13H17N3OS/c1-8-4-5-10-11(6-8)18-13(15-10)16-12(17)9(2)7-14-3/h4-6,9,14H,7H2,1-3H3,(H,15,16,17). The summed E-state index contributed by atoms with van der Waals surface area (Å²) in [6.45, 7) is 4.60. The van der Waals surface area contributed by atoms with Gasteiger partial charge < -0.3 is 10.6 Å². The van der Waals surface area contributed by atoms with E-state index in [0.717, 1.165) is 10.2 Å². The molecule has 0 fully saturated rings. The first kappa shape index (κ1) is 13.0. The molecule has 0 radical (unpaired) electrons. The number of carbonyl (C=O) groups excluding carboxylic acids is 1. The second-order valence-corrected chi connectivity index (χ2v) is 5.47. The molecule has 1 atom stereocenters. The van der Waals surface area contributed by atoms with Crippen LogP contribution in [0.3, 0.4) is 0 Å². The Labute approximate surface area is 110 Å². The molecule has 0 saturated heterocycles. The molecule has 18 heavy (non-hydrogen) atoms. The lowest BCUT2D eigenvalue weighted by atomic mass is 10.2. The van der Waals surface area contributed by atoms with E-state index in [1.807, 2.05) is 33.0 Å². The van der Waals surface area contributed by atoms with Crippen molar-refractivity contribution >= 4 is 32.6 Å². The number of carbonyl (C=O) groups is 1. The highest BCUT2D eigenvalue weighted by molar-refractivity contribution is 7.22. The average Bonchev–Trinajstić information content (AvgIpc) is 2.70. The molecule has 5 heteroatoms. The Kier molecular flexibility index (Phi) is 3.93. The van der Waals surface area contributed by atoms with Gasteiger partial charge in [0.05, 0.1) is 10.2 Å². The van der Waals surface area contributed by atoms with E-state index in [0.29, 0.717) is 11.7 Å². The number of benzene rings is 1. The highest BCUT2D eigenvalue weighted by atomic mass is 32.1. The van der Waals surface area contributed by atoms with Crippen LogP contribution >= 0.6 is 11.3 Å². The van der Waals surface area contributed by atoms with E-state index in [1.54, 1.807) is 0 Å². The summed E-state index contributed by atoms with van der Waals surface area (Å²) < 4.78 is 1.10. The van der Waals surface area contributed by atoms with Gasteiger partial charge in [-0.2, -0.15) is 0 Å². The Bertz CT molecular complexity index is 564. The number of rotatable bonds is 4. The monoisotopic (exact) mass is 263 g/mol. The summed E-state index contributed by atoms with van der Waals surface area (Å²) in [5, 5.41) is 6.52. The fraction of sp³-hybridized carbons (Fsp3) is 0.385. The molecule has 0 aliphatic rings. The molecule has 1 amide bonds. The zero-order valence-electron chi connectivity index (χ0n) is 10.8. The molecule has 1 unspecified atom stereocenters. The molecule has 0 bridgehead atoms. The van der Waals surface area contributed by atoms with Gasteiger partial charge in [0.25, 0.3) is 0 Å². The van der Waals surface area contributed by atoms with Crippen LogP contribution in [0.4, 0.5) is 5.13 Å². The molecule has 2 aromatic rings. The summed E-state index contributed by atoms with van der Waals surface area (Å²) in [6, 6.07) is 6.09. The molecule has 1 aromatic heterocycles. The second kappa shape index (κ2) is 5.46. The van der Waals surface area contributed by atoms with Gasteiger partial charge >= 0.3 is 0 Å². The quantitative estimate of drug-likeness (QED) is 0.890. The van der Waals surface area contributed by atoms with E-state index in [9.17, 15) is 4.79 Å². The summed E-state index contributed by atoms with van der Waals surface area (Å²) >= 11 is 1.51. The SMILES string of the molecule is CNCC(C)C(=O)Nc1nc2ccc(C)cc2s1. The van der Waals surface area contributed by atoms with Gasteiger partial charge in [-0.25, -0.2) is 4.98 Å². The predicted octanol–water partition coefficient (Wildman–Crippen LogP) is 2.40. The van der Waals surface area contributed by atoms with Crippen molar-refractivity contribution in [3.05, 3.63) is 23.8 Å². The lowest BCUT2D eigenvalue weighted by Crippen LogP contribution is -2.28. The molecule has 0 spiro atoms. The Morgan fingerprint density at radius 1 is 1.50 bits per heavy atom. The van der Waals surface area contributed by atoms with Gasteiger partial charge in [0, 0.05) is 12.5 Å². The van der Waals surface area contributed by atoms with Crippen LogP contribution in [0.5, 0.6) is 0 Å². The highest BCUT2D eigenvalue weighted by Crippen LogP contribution is 2.26. The molecule has 2 N–H and O–H groups in total. The van der Waals surface area contributed by atoms with Crippen LogP contribution in [-0.2, 0) is 4.79 Å². The number of amides is 1. The minimum atomic E-state index is -0.0660.